The summed E-state index contributed by atoms with van der Waals surface area (Å²) in [4.78, 5) is 17.0. The van der Waals surface area contributed by atoms with Crippen molar-refractivity contribution in [1.29, 1.82) is 0 Å². The lowest BCUT2D eigenvalue weighted by Crippen LogP contribution is -2.33. The summed E-state index contributed by atoms with van der Waals surface area (Å²) in [6.45, 7) is 1.97. The second-order valence-electron chi connectivity index (χ2n) is 7.90. The highest BCUT2D eigenvalue weighted by atomic mass is 35.5. The van der Waals surface area contributed by atoms with Gasteiger partial charge < -0.3 is 19.3 Å². The van der Waals surface area contributed by atoms with Gasteiger partial charge in [-0.2, -0.15) is 0 Å². The number of rotatable bonds is 4. The lowest BCUT2D eigenvalue weighted by atomic mass is 10.2. The molecule has 5 aromatic rings. The minimum absolute atomic E-state index is 0.0169. The first kappa shape index (κ1) is 23.9. The number of fused-ring (bicyclic) bond motifs is 1. The topological polar surface area (TPSA) is 101 Å². The predicted molar refractivity (Wildman–Crippen MR) is 144 cm³/mol. The van der Waals surface area contributed by atoms with Crippen LogP contribution in [0.3, 0.4) is 0 Å². The summed E-state index contributed by atoms with van der Waals surface area (Å²) in [5.74, 6) is 0.103. The van der Waals surface area contributed by atoms with E-state index >= 15 is 0 Å². The van der Waals surface area contributed by atoms with Crippen LogP contribution in [0.5, 0.6) is 5.75 Å². The molecule has 36 heavy (non-hydrogen) atoms. The van der Waals surface area contributed by atoms with Crippen LogP contribution >= 0.6 is 35.4 Å². The fourth-order valence-electron chi connectivity index (χ4n) is 3.57. The maximum absolute atomic E-state index is 12.6. The van der Waals surface area contributed by atoms with Crippen molar-refractivity contribution in [2.24, 2.45) is 0 Å². The fourth-order valence-corrected chi connectivity index (χ4v) is 4.17. The van der Waals surface area contributed by atoms with Crippen molar-refractivity contribution in [1.82, 2.24) is 10.3 Å². The number of thiocarbonyl (C=S) groups is 1. The summed E-state index contributed by atoms with van der Waals surface area (Å²) in [5, 5.41) is 16.7. The molecule has 3 aromatic carbocycles. The van der Waals surface area contributed by atoms with Crippen molar-refractivity contribution in [2.75, 3.05) is 5.32 Å². The lowest BCUT2D eigenvalue weighted by Gasteiger charge is -2.10. The maximum Gasteiger partial charge on any atom is 0.293 e. The average Bonchev–Trinajstić information content (AvgIpc) is 3.48. The molecule has 10 heteroatoms. The smallest absolute Gasteiger partial charge is 0.293 e. The van der Waals surface area contributed by atoms with Gasteiger partial charge in [0.1, 0.15) is 17.0 Å². The number of amides is 1. The molecule has 0 unspecified atom stereocenters. The molecule has 0 atom stereocenters. The molecule has 0 saturated carbocycles. The SMILES string of the molecule is Cc1ccc2oc(-c3ccc(NC(=S)NC(=O)c4ccc(-c5cccc(Cl)c5Cl)o4)cc3O)nc2c1. The van der Waals surface area contributed by atoms with Gasteiger partial charge >= 0.3 is 0 Å². The Bertz CT molecular complexity index is 1640. The van der Waals surface area contributed by atoms with Gasteiger partial charge in [0.2, 0.25) is 5.89 Å². The Morgan fingerprint density at radius 1 is 1.00 bits per heavy atom. The Hall–Kier alpha value is -3.85. The molecule has 7 nitrogen and oxygen atoms in total. The van der Waals surface area contributed by atoms with Gasteiger partial charge in [-0.3, -0.25) is 10.1 Å². The number of phenols is 1. The molecule has 2 aromatic heterocycles. The van der Waals surface area contributed by atoms with E-state index < -0.39 is 5.91 Å². The highest BCUT2D eigenvalue weighted by Gasteiger charge is 2.17. The van der Waals surface area contributed by atoms with Gasteiger partial charge in [-0.1, -0.05) is 35.3 Å². The number of aryl methyl sites for hydroxylation is 1. The molecule has 1 amide bonds. The minimum atomic E-state index is -0.556. The first-order valence-electron chi connectivity index (χ1n) is 10.7. The zero-order valence-corrected chi connectivity index (χ0v) is 21.0. The van der Waals surface area contributed by atoms with Gasteiger partial charge in [-0.25, -0.2) is 4.98 Å². The van der Waals surface area contributed by atoms with Crippen LogP contribution < -0.4 is 10.6 Å². The molecule has 0 radical (unpaired) electrons. The third-order valence-electron chi connectivity index (χ3n) is 5.30. The van der Waals surface area contributed by atoms with E-state index in [0.29, 0.717) is 49.6 Å². The van der Waals surface area contributed by atoms with E-state index in [0.717, 1.165) is 5.56 Å². The van der Waals surface area contributed by atoms with Crippen molar-refractivity contribution in [2.45, 2.75) is 6.92 Å². The van der Waals surface area contributed by atoms with Crippen LogP contribution in [-0.2, 0) is 0 Å². The molecule has 5 rings (SSSR count). The van der Waals surface area contributed by atoms with Crippen molar-refractivity contribution in [3.63, 3.8) is 0 Å². The Balaban J connectivity index is 1.27. The zero-order valence-electron chi connectivity index (χ0n) is 18.6. The van der Waals surface area contributed by atoms with Gasteiger partial charge in [0.05, 0.1) is 15.6 Å². The summed E-state index contributed by atoms with van der Waals surface area (Å²) < 4.78 is 11.4. The third kappa shape index (κ3) is 4.79. The molecule has 0 bridgehead atoms. The summed E-state index contributed by atoms with van der Waals surface area (Å²) >= 11 is 17.5. The number of nitrogens with zero attached hydrogens (tertiary/aromatic N) is 1. The standard InChI is InChI=1S/C26H17Cl2N3O4S/c1-13-5-8-21-18(11-13)30-25(35-21)15-7-6-14(12-19(15)32)29-26(36)31-24(33)22-10-9-20(34-22)16-3-2-4-17(27)23(16)28/h2-12,32H,1H3,(H2,29,31,33,36). The van der Waals surface area contributed by atoms with E-state index in [1.807, 2.05) is 25.1 Å². The number of nitrogens with one attached hydrogen (secondary N) is 2. The van der Waals surface area contributed by atoms with E-state index in [9.17, 15) is 9.90 Å². The van der Waals surface area contributed by atoms with Crippen molar-refractivity contribution in [3.05, 3.63) is 88.1 Å². The number of carbonyl (C=O) groups is 1. The maximum atomic E-state index is 12.6. The number of aromatic nitrogens is 1. The van der Waals surface area contributed by atoms with Crippen molar-refractivity contribution in [3.8, 4) is 28.5 Å². The number of furan rings is 1. The first-order chi connectivity index (χ1) is 17.3. The number of hydrogen-bond acceptors (Lipinski definition) is 6. The molecule has 2 heterocycles. The molecule has 0 spiro atoms. The number of aromatic hydroxyl groups is 1. The molecule has 0 saturated heterocycles. The molecular weight excluding hydrogens is 521 g/mol. The Kier molecular flexibility index (Phi) is 6.40. The second kappa shape index (κ2) is 9.66. The minimum Gasteiger partial charge on any atom is -0.507 e. The molecule has 0 aliphatic carbocycles. The van der Waals surface area contributed by atoms with E-state index in [1.54, 1.807) is 36.4 Å². The molecule has 0 fully saturated rings. The zero-order chi connectivity index (χ0) is 25.4. The van der Waals surface area contributed by atoms with Crippen LogP contribution in [0.15, 0.2) is 75.6 Å². The van der Waals surface area contributed by atoms with Crippen LogP contribution in [0.25, 0.3) is 33.9 Å². The van der Waals surface area contributed by atoms with E-state index in [-0.39, 0.29) is 16.6 Å². The van der Waals surface area contributed by atoms with Gasteiger partial charge in [0, 0.05) is 17.3 Å². The summed E-state index contributed by atoms with van der Waals surface area (Å²) in [5.41, 5.74) is 3.83. The highest BCUT2D eigenvalue weighted by Crippen LogP contribution is 2.35. The van der Waals surface area contributed by atoms with E-state index in [1.165, 1.54) is 12.1 Å². The van der Waals surface area contributed by atoms with Crippen molar-refractivity contribution < 1.29 is 18.7 Å². The van der Waals surface area contributed by atoms with E-state index in [4.69, 9.17) is 44.3 Å². The van der Waals surface area contributed by atoms with Gasteiger partial charge in [-0.05, 0) is 73.2 Å². The lowest BCUT2D eigenvalue weighted by molar-refractivity contribution is 0.0951. The molecule has 0 aliphatic heterocycles. The van der Waals surface area contributed by atoms with Gasteiger partial charge in [0.15, 0.2) is 16.5 Å². The molecular formula is C26H17Cl2N3O4S. The number of benzene rings is 3. The second-order valence-corrected chi connectivity index (χ2v) is 9.09. The fraction of sp³-hybridized carbons (Fsp3) is 0.0385. The first-order valence-corrected chi connectivity index (χ1v) is 11.8. The third-order valence-corrected chi connectivity index (χ3v) is 6.33. The Morgan fingerprint density at radius 3 is 2.64 bits per heavy atom. The van der Waals surface area contributed by atoms with E-state index in [2.05, 4.69) is 15.6 Å². The Labute approximate surface area is 220 Å². The normalized spacial score (nSPS) is 11.0. The van der Waals surface area contributed by atoms with Crippen molar-refractivity contribution >= 4 is 63.2 Å². The Morgan fingerprint density at radius 2 is 1.83 bits per heavy atom. The number of anilines is 1. The number of oxazole rings is 1. The van der Waals surface area contributed by atoms with Gasteiger partial charge in [-0.15, -0.1) is 0 Å². The highest BCUT2D eigenvalue weighted by molar-refractivity contribution is 7.80. The number of halogens is 2. The number of hydrogen-bond donors (Lipinski definition) is 3. The average molecular weight is 538 g/mol. The number of phenolic OH excluding ortho intramolecular Hbond substituents is 1. The van der Waals surface area contributed by atoms with Crippen LogP contribution in [-0.4, -0.2) is 21.1 Å². The molecule has 3 N–H and O–H groups in total. The predicted octanol–water partition coefficient (Wildman–Crippen LogP) is 7.20. The summed E-state index contributed by atoms with van der Waals surface area (Å²) in [6, 6.07) is 18.7. The van der Waals surface area contributed by atoms with Crippen LogP contribution in [0, 0.1) is 6.92 Å². The van der Waals surface area contributed by atoms with Crippen LogP contribution in [0.1, 0.15) is 16.1 Å². The summed E-state index contributed by atoms with van der Waals surface area (Å²) in [7, 11) is 0. The monoisotopic (exact) mass is 537 g/mol. The summed E-state index contributed by atoms with van der Waals surface area (Å²) in [6.07, 6.45) is 0. The van der Waals surface area contributed by atoms with Gasteiger partial charge in [0.25, 0.3) is 5.91 Å². The quantitative estimate of drug-likeness (QED) is 0.208. The molecule has 180 valence electrons. The molecule has 0 aliphatic rings. The van der Waals surface area contributed by atoms with Crippen LogP contribution in [0.4, 0.5) is 5.69 Å². The number of carbonyl (C=O) groups excluding carboxylic acids is 1. The largest absolute Gasteiger partial charge is 0.507 e. The van der Waals surface area contributed by atoms with Crippen LogP contribution in [0.2, 0.25) is 10.0 Å².